The first-order valence-electron chi connectivity index (χ1n) is 8.02. The number of nitrogens with zero attached hydrogens (tertiary/aromatic N) is 3. The molecule has 0 atom stereocenters. The first-order valence-corrected chi connectivity index (χ1v) is 8.02. The van der Waals surface area contributed by atoms with Gasteiger partial charge in [-0.2, -0.15) is 0 Å². The van der Waals surface area contributed by atoms with E-state index in [1.807, 2.05) is 32.9 Å². The molecule has 0 N–H and O–H groups in total. The number of methoxy groups -OCH3 is 1. The second kappa shape index (κ2) is 6.55. The number of aryl methyl sites for hydroxylation is 3. The lowest BCUT2D eigenvalue weighted by Crippen LogP contribution is -2.26. The number of amides is 1. The standard InChI is InChI=1S/C19H21N3O3/c1-11-6-14(7-12(2)17(11)24-5)10-22(4)19(23)15-8-16-13(3)21-25-18(16)20-9-15/h6-9H,10H2,1-5H3. The van der Waals surface area contributed by atoms with Gasteiger partial charge in [-0.3, -0.25) is 4.79 Å². The third-order valence-corrected chi connectivity index (χ3v) is 4.25. The van der Waals surface area contributed by atoms with Crippen LogP contribution in [0.3, 0.4) is 0 Å². The second-order valence-corrected chi connectivity index (χ2v) is 6.27. The van der Waals surface area contributed by atoms with Crippen LogP contribution < -0.4 is 4.74 Å². The summed E-state index contributed by atoms with van der Waals surface area (Å²) < 4.78 is 10.5. The number of benzene rings is 1. The predicted octanol–water partition coefficient (Wildman–Crippen LogP) is 3.43. The van der Waals surface area contributed by atoms with E-state index in [1.165, 1.54) is 6.20 Å². The van der Waals surface area contributed by atoms with Crippen LogP contribution in [0.2, 0.25) is 0 Å². The van der Waals surface area contributed by atoms with Crippen molar-refractivity contribution >= 4 is 17.0 Å². The molecular weight excluding hydrogens is 318 g/mol. The molecule has 0 aliphatic carbocycles. The summed E-state index contributed by atoms with van der Waals surface area (Å²) in [4.78, 5) is 18.6. The number of carbonyl (C=O) groups excluding carboxylic acids is 1. The van der Waals surface area contributed by atoms with Gasteiger partial charge < -0.3 is 14.2 Å². The van der Waals surface area contributed by atoms with Gasteiger partial charge in [0.2, 0.25) is 0 Å². The number of hydrogen-bond donors (Lipinski definition) is 0. The lowest BCUT2D eigenvalue weighted by Gasteiger charge is -2.19. The van der Waals surface area contributed by atoms with Crippen LogP contribution in [-0.2, 0) is 6.54 Å². The summed E-state index contributed by atoms with van der Waals surface area (Å²) in [5, 5.41) is 4.63. The van der Waals surface area contributed by atoms with Crippen molar-refractivity contribution in [3.8, 4) is 5.75 Å². The van der Waals surface area contributed by atoms with Crippen molar-refractivity contribution < 1.29 is 14.1 Å². The lowest BCUT2D eigenvalue weighted by atomic mass is 10.0. The number of carbonyl (C=O) groups is 1. The average Bonchev–Trinajstić information content (AvgIpc) is 2.94. The van der Waals surface area contributed by atoms with Gasteiger partial charge in [0.15, 0.2) is 0 Å². The maximum Gasteiger partial charge on any atom is 0.257 e. The number of ether oxygens (including phenoxy) is 1. The first kappa shape index (κ1) is 17.0. The zero-order valence-corrected chi connectivity index (χ0v) is 15.1. The van der Waals surface area contributed by atoms with E-state index in [4.69, 9.17) is 9.26 Å². The Morgan fingerprint density at radius 2 is 1.88 bits per heavy atom. The van der Waals surface area contributed by atoms with Crippen LogP contribution in [0.4, 0.5) is 0 Å². The summed E-state index contributed by atoms with van der Waals surface area (Å²) in [6.45, 7) is 6.34. The molecule has 3 rings (SSSR count). The molecule has 130 valence electrons. The molecule has 0 saturated heterocycles. The molecule has 1 aromatic carbocycles. The molecule has 0 saturated carbocycles. The van der Waals surface area contributed by atoms with Gasteiger partial charge in [-0.15, -0.1) is 0 Å². The van der Waals surface area contributed by atoms with E-state index in [1.54, 1.807) is 25.1 Å². The fourth-order valence-corrected chi connectivity index (χ4v) is 3.08. The molecule has 0 aliphatic rings. The molecule has 2 heterocycles. The SMILES string of the molecule is COc1c(C)cc(CN(C)C(=O)c2cnc3onc(C)c3c2)cc1C. The summed E-state index contributed by atoms with van der Waals surface area (Å²) in [6, 6.07) is 5.86. The fraction of sp³-hybridized carbons (Fsp3) is 0.316. The third kappa shape index (κ3) is 3.20. The molecule has 0 fully saturated rings. The van der Waals surface area contributed by atoms with Crippen LogP contribution in [0.25, 0.3) is 11.1 Å². The minimum absolute atomic E-state index is 0.0962. The molecule has 1 amide bonds. The Morgan fingerprint density at radius 1 is 1.20 bits per heavy atom. The van der Waals surface area contributed by atoms with E-state index in [-0.39, 0.29) is 5.91 Å². The molecule has 3 aromatic rings. The third-order valence-electron chi connectivity index (χ3n) is 4.25. The smallest absolute Gasteiger partial charge is 0.257 e. The van der Waals surface area contributed by atoms with Crippen molar-refractivity contribution in [2.75, 3.05) is 14.2 Å². The highest BCUT2D eigenvalue weighted by atomic mass is 16.5. The lowest BCUT2D eigenvalue weighted by molar-refractivity contribution is 0.0785. The van der Waals surface area contributed by atoms with E-state index < -0.39 is 0 Å². The minimum Gasteiger partial charge on any atom is -0.496 e. The summed E-state index contributed by atoms with van der Waals surface area (Å²) in [6.07, 6.45) is 1.52. The van der Waals surface area contributed by atoms with Gasteiger partial charge in [-0.05, 0) is 43.5 Å². The van der Waals surface area contributed by atoms with Crippen LogP contribution in [0.1, 0.15) is 32.7 Å². The first-order chi connectivity index (χ1) is 11.9. The molecule has 0 bridgehead atoms. The Bertz CT molecular complexity index is 923. The molecular formula is C19H21N3O3. The highest BCUT2D eigenvalue weighted by molar-refractivity contribution is 5.96. The van der Waals surface area contributed by atoms with Gasteiger partial charge >= 0.3 is 0 Å². The Morgan fingerprint density at radius 3 is 2.52 bits per heavy atom. The second-order valence-electron chi connectivity index (χ2n) is 6.27. The number of rotatable bonds is 4. The average molecular weight is 339 g/mol. The summed E-state index contributed by atoms with van der Waals surface area (Å²) >= 11 is 0. The van der Waals surface area contributed by atoms with Gasteiger partial charge in [-0.1, -0.05) is 17.3 Å². The van der Waals surface area contributed by atoms with Crippen molar-refractivity contribution in [3.05, 3.63) is 52.3 Å². The van der Waals surface area contributed by atoms with Gasteiger partial charge in [0.05, 0.1) is 23.8 Å². The molecule has 0 spiro atoms. The van der Waals surface area contributed by atoms with E-state index in [2.05, 4.69) is 10.1 Å². The van der Waals surface area contributed by atoms with Crippen molar-refractivity contribution in [1.82, 2.24) is 15.0 Å². The van der Waals surface area contributed by atoms with E-state index in [9.17, 15) is 4.79 Å². The Hall–Kier alpha value is -2.89. The maximum absolute atomic E-state index is 12.7. The molecule has 6 heteroatoms. The fourth-order valence-electron chi connectivity index (χ4n) is 3.08. The Balaban J connectivity index is 1.83. The quantitative estimate of drug-likeness (QED) is 0.728. The molecule has 0 aliphatic heterocycles. The van der Waals surface area contributed by atoms with E-state index in [0.29, 0.717) is 17.8 Å². The van der Waals surface area contributed by atoms with Gasteiger partial charge in [0, 0.05) is 19.8 Å². The minimum atomic E-state index is -0.0962. The Kier molecular flexibility index (Phi) is 4.44. The zero-order chi connectivity index (χ0) is 18.1. The topological polar surface area (TPSA) is 68.5 Å². The van der Waals surface area contributed by atoms with E-state index in [0.717, 1.165) is 33.5 Å². The number of fused-ring (bicyclic) bond motifs is 1. The van der Waals surface area contributed by atoms with Crippen LogP contribution in [0.5, 0.6) is 5.75 Å². The van der Waals surface area contributed by atoms with Gasteiger partial charge in [0.25, 0.3) is 11.6 Å². The summed E-state index contributed by atoms with van der Waals surface area (Å²) in [5.74, 6) is 0.788. The van der Waals surface area contributed by atoms with Crippen molar-refractivity contribution in [2.45, 2.75) is 27.3 Å². The van der Waals surface area contributed by atoms with Gasteiger partial charge in [-0.25, -0.2) is 4.98 Å². The van der Waals surface area contributed by atoms with Crippen molar-refractivity contribution in [1.29, 1.82) is 0 Å². The monoisotopic (exact) mass is 339 g/mol. The number of pyridine rings is 1. The molecule has 0 radical (unpaired) electrons. The predicted molar refractivity (Wildman–Crippen MR) is 94.8 cm³/mol. The molecule has 0 unspecified atom stereocenters. The highest BCUT2D eigenvalue weighted by Gasteiger charge is 2.16. The summed E-state index contributed by atoms with van der Waals surface area (Å²) in [5.41, 5.74) is 4.85. The molecule has 2 aromatic heterocycles. The van der Waals surface area contributed by atoms with Crippen LogP contribution in [0, 0.1) is 20.8 Å². The van der Waals surface area contributed by atoms with Crippen molar-refractivity contribution in [3.63, 3.8) is 0 Å². The van der Waals surface area contributed by atoms with Crippen molar-refractivity contribution in [2.24, 2.45) is 0 Å². The zero-order valence-electron chi connectivity index (χ0n) is 15.1. The summed E-state index contributed by atoms with van der Waals surface area (Å²) in [7, 11) is 3.45. The molecule has 25 heavy (non-hydrogen) atoms. The van der Waals surface area contributed by atoms with Crippen LogP contribution >= 0.6 is 0 Å². The van der Waals surface area contributed by atoms with Crippen LogP contribution in [0.15, 0.2) is 28.9 Å². The largest absolute Gasteiger partial charge is 0.496 e. The molecule has 6 nitrogen and oxygen atoms in total. The normalized spacial score (nSPS) is 10.9. The number of aromatic nitrogens is 2. The van der Waals surface area contributed by atoms with Crippen LogP contribution in [-0.4, -0.2) is 35.1 Å². The van der Waals surface area contributed by atoms with E-state index >= 15 is 0 Å². The van der Waals surface area contributed by atoms with Gasteiger partial charge in [0.1, 0.15) is 5.75 Å². The Labute approximate surface area is 146 Å². The highest BCUT2D eigenvalue weighted by Crippen LogP contribution is 2.25. The maximum atomic E-state index is 12.7. The number of hydrogen-bond acceptors (Lipinski definition) is 5.